The Balaban J connectivity index is 1.67. The Hall–Kier alpha value is -3.23. The Morgan fingerprint density at radius 2 is 2.03 bits per heavy atom. The minimum atomic E-state index is -0.522. The number of benzene rings is 1. The molecule has 1 fully saturated rings. The van der Waals surface area contributed by atoms with Gasteiger partial charge in [0.05, 0.1) is 41.7 Å². The molecule has 5 rings (SSSR count). The minimum absolute atomic E-state index is 0.0464. The van der Waals surface area contributed by atoms with E-state index in [9.17, 15) is 9.18 Å². The summed E-state index contributed by atoms with van der Waals surface area (Å²) in [6, 6.07) is 7.59. The highest BCUT2D eigenvalue weighted by atomic mass is 35.5. The molecular weight excluding hydrogens is 397 g/mol. The first kappa shape index (κ1) is 17.8. The number of aromatic amines is 2. The number of H-pyrrole nitrogens is 2. The van der Waals surface area contributed by atoms with Crippen LogP contribution in [0.3, 0.4) is 0 Å². The van der Waals surface area contributed by atoms with Gasteiger partial charge in [0.15, 0.2) is 5.65 Å². The first-order valence-corrected chi connectivity index (χ1v) is 9.33. The van der Waals surface area contributed by atoms with Crippen molar-refractivity contribution in [2.24, 2.45) is 0 Å². The van der Waals surface area contributed by atoms with E-state index in [1.807, 2.05) is 6.07 Å². The molecular formula is C20H15ClFN5O2. The molecule has 7 nitrogen and oxygen atoms in total. The lowest BCUT2D eigenvalue weighted by atomic mass is 9.98. The van der Waals surface area contributed by atoms with Crippen molar-refractivity contribution in [1.82, 2.24) is 20.2 Å². The first-order chi connectivity index (χ1) is 14.1. The Bertz CT molecular complexity index is 1280. The summed E-state index contributed by atoms with van der Waals surface area (Å²) in [5.74, 6) is -0.475. The first-order valence-electron chi connectivity index (χ1n) is 8.95. The van der Waals surface area contributed by atoms with Crippen LogP contribution in [0.5, 0.6) is 0 Å². The fourth-order valence-electron chi connectivity index (χ4n) is 3.38. The van der Waals surface area contributed by atoms with Crippen LogP contribution in [0.4, 0.5) is 15.8 Å². The van der Waals surface area contributed by atoms with Gasteiger partial charge in [0.25, 0.3) is 5.56 Å². The molecule has 0 atom stereocenters. The van der Waals surface area contributed by atoms with Crippen LogP contribution < -0.4 is 10.9 Å². The molecule has 9 heteroatoms. The number of halogens is 2. The second kappa shape index (κ2) is 6.98. The summed E-state index contributed by atoms with van der Waals surface area (Å²) in [5.41, 5.74) is 2.70. The normalized spacial score (nSPS) is 14.1. The predicted molar refractivity (Wildman–Crippen MR) is 108 cm³/mol. The SMILES string of the molecule is O=c1[nH]c(C2COC2)c(Nc2ccnc3[nH]ncc23)cc1-c1cc(Cl)ccc1F. The molecule has 1 aliphatic heterocycles. The maximum absolute atomic E-state index is 14.4. The van der Waals surface area contributed by atoms with E-state index >= 15 is 0 Å². The van der Waals surface area contributed by atoms with Crippen LogP contribution in [-0.2, 0) is 4.74 Å². The number of nitrogens with zero attached hydrogens (tertiary/aromatic N) is 2. The van der Waals surface area contributed by atoms with Gasteiger partial charge in [-0.3, -0.25) is 9.89 Å². The van der Waals surface area contributed by atoms with Gasteiger partial charge in [-0.05, 0) is 30.3 Å². The number of hydrogen-bond acceptors (Lipinski definition) is 5. The molecule has 1 saturated heterocycles. The number of fused-ring (bicyclic) bond motifs is 1. The highest BCUT2D eigenvalue weighted by Crippen LogP contribution is 2.34. The van der Waals surface area contributed by atoms with Gasteiger partial charge >= 0.3 is 0 Å². The van der Waals surface area contributed by atoms with Crippen molar-refractivity contribution < 1.29 is 9.13 Å². The molecule has 0 aliphatic carbocycles. The van der Waals surface area contributed by atoms with E-state index < -0.39 is 5.82 Å². The van der Waals surface area contributed by atoms with Crippen LogP contribution in [0.2, 0.25) is 5.02 Å². The van der Waals surface area contributed by atoms with E-state index in [0.717, 1.165) is 11.1 Å². The summed E-state index contributed by atoms with van der Waals surface area (Å²) in [7, 11) is 0. The summed E-state index contributed by atoms with van der Waals surface area (Å²) < 4.78 is 19.7. The summed E-state index contributed by atoms with van der Waals surface area (Å²) in [4.78, 5) is 19.9. The Morgan fingerprint density at radius 3 is 2.83 bits per heavy atom. The van der Waals surface area contributed by atoms with Gasteiger partial charge in [-0.25, -0.2) is 9.37 Å². The Labute approximate surface area is 168 Å². The van der Waals surface area contributed by atoms with Gasteiger partial charge in [0.2, 0.25) is 0 Å². The summed E-state index contributed by atoms with van der Waals surface area (Å²) in [6.45, 7) is 1.01. The Morgan fingerprint density at radius 1 is 1.17 bits per heavy atom. The quantitative estimate of drug-likeness (QED) is 0.472. The van der Waals surface area contributed by atoms with Gasteiger partial charge in [-0.2, -0.15) is 5.10 Å². The molecule has 0 bridgehead atoms. The fourth-order valence-corrected chi connectivity index (χ4v) is 3.55. The van der Waals surface area contributed by atoms with E-state index in [1.54, 1.807) is 18.5 Å². The maximum Gasteiger partial charge on any atom is 0.256 e. The number of rotatable bonds is 4. The third-order valence-electron chi connectivity index (χ3n) is 4.96. The monoisotopic (exact) mass is 411 g/mol. The molecule has 4 aromatic rings. The van der Waals surface area contributed by atoms with Gasteiger partial charge in [-0.1, -0.05) is 11.6 Å². The molecule has 0 unspecified atom stereocenters. The lowest BCUT2D eigenvalue weighted by molar-refractivity contribution is 0.00695. The van der Waals surface area contributed by atoms with E-state index in [1.165, 1.54) is 18.2 Å². The zero-order valence-corrected chi connectivity index (χ0v) is 15.8. The predicted octanol–water partition coefficient (Wildman–Crippen LogP) is 3.96. The molecule has 3 N–H and O–H groups in total. The number of pyridine rings is 2. The molecule has 1 aromatic carbocycles. The van der Waals surface area contributed by atoms with Crippen molar-refractivity contribution in [3.63, 3.8) is 0 Å². The highest BCUT2D eigenvalue weighted by molar-refractivity contribution is 6.30. The van der Waals surface area contributed by atoms with Crippen LogP contribution >= 0.6 is 11.6 Å². The average Bonchev–Trinajstić information content (AvgIpc) is 3.14. The van der Waals surface area contributed by atoms with Crippen LogP contribution in [0.15, 0.2) is 47.5 Å². The molecule has 0 saturated carbocycles. The van der Waals surface area contributed by atoms with E-state index in [4.69, 9.17) is 16.3 Å². The Kier molecular flexibility index (Phi) is 4.30. The highest BCUT2D eigenvalue weighted by Gasteiger charge is 2.26. The summed E-state index contributed by atoms with van der Waals surface area (Å²) in [5, 5.41) is 11.3. The van der Waals surface area contributed by atoms with Gasteiger partial charge < -0.3 is 15.0 Å². The number of anilines is 2. The van der Waals surface area contributed by atoms with Gasteiger partial charge in [0.1, 0.15) is 5.82 Å². The summed E-state index contributed by atoms with van der Waals surface area (Å²) >= 11 is 6.03. The molecule has 0 spiro atoms. The smallest absolute Gasteiger partial charge is 0.256 e. The van der Waals surface area contributed by atoms with Crippen LogP contribution in [-0.4, -0.2) is 33.4 Å². The largest absolute Gasteiger partial charge is 0.380 e. The summed E-state index contributed by atoms with van der Waals surface area (Å²) in [6.07, 6.45) is 3.32. The fraction of sp³-hybridized carbons (Fsp3) is 0.150. The van der Waals surface area contributed by atoms with Crippen LogP contribution in [0, 0.1) is 5.82 Å². The van der Waals surface area contributed by atoms with Gasteiger partial charge in [-0.15, -0.1) is 0 Å². The third-order valence-corrected chi connectivity index (χ3v) is 5.20. The lowest BCUT2D eigenvalue weighted by Crippen LogP contribution is -2.29. The molecule has 3 aromatic heterocycles. The van der Waals surface area contributed by atoms with Crippen molar-refractivity contribution in [3.05, 3.63) is 69.6 Å². The van der Waals surface area contributed by atoms with Crippen molar-refractivity contribution in [1.29, 1.82) is 0 Å². The molecule has 0 amide bonds. The molecule has 29 heavy (non-hydrogen) atoms. The third kappa shape index (κ3) is 3.16. The average molecular weight is 412 g/mol. The number of aromatic nitrogens is 4. The van der Waals surface area contributed by atoms with E-state index in [0.29, 0.717) is 35.3 Å². The zero-order valence-electron chi connectivity index (χ0n) is 15.0. The second-order valence-electron chi connectivity index (χ2n) is 6.81. The van der Waals surface area contributed by atoms with Crippen molar-refractivity contribution in [2.45, 2.75) is 5.92 Å². The van der Waals surface area contributed by atoms with Crippen molar-refractivity contribution >= 4 is 34.0 Å². The number of hydrogen-bond donors (Lipinski definition) is 3. The number of ether oxygens (including phenoxy) is 1. The standard InChI is InChI=1S/C20H15ClFN5O2/c21-11-1-2-15(22)12(5-11)13-6-17(18(26-20(13)28)10-8-29-9-10)25-16-3-4-23-19-14(16)7-24-27-19/h1-7,10H,8-9H2,(H,26,28)(H2,23,24,25,27). The van der Waals surface area contributed by atoms with Gasteiger partial charge in [0, 0.05) is 28.4 Å². The van der Waals surface area contributed by atoms with Crippen molar-refractivity contribution in [2.75, 3.05) is 18.5 Å². The lowest BCUT2D eigenvalue weighted by Gasteiger charge is -2.28. The van der Waals surface area contributed by atoms with Crippen LogP contribution in [0.1, 0.15) is 11.6 Å². The van der Waals surface area contributed by atoms with Crippen LogP contribution in [0.25, 0.3) is 22.2 Å². The molecule has 1 aliphatic rings. The van der Waals surface area contributed by atoms with Crippen molar-refractivity contribution in [3.8, 4) is 11.1 Å². The molecule has 4 heterocycles. The minimum Gasteiger partial charge on any atom is -0.380 e. The molecule has 0 radical (unpaired) electrons. The molecule has 146 valence electrons. The van der Waals surface area contributed by atoms with E-state index in [-0.39, 0.29) is 22.6 Å². The topological polar surface area (TPSA) is 95.7 Å². The zero-order chi connectivity index (χ0) is 20.0. The number of nitrogens with one attached hydrogen (secondary N) is 3. The maximum atomic E-state index is 14.4. The second-order valence-corrected chi connectivity index (χ2v) is 7.25. The van der Waals surface area contributed by atoms with E-state index in [2.05, 4.69) is 25.5 Å².